The number of thioether (sulfide) groups is 1. The van der Waals surface area contributed by atoms with E-state index in [1.54, 1.807) is 6.20 Å². The van der Waals surface area contributed by atoms with Crippen LogP contribution in [-0.4, -0.2) is 28.1 Å². The number of aryl methyl sites for hydroxylation is 1. The normalized spacial score (nSPS) is 22.2. The molecule has 1 fully saturated rings. The van der Waals surface area contributed by atoms with E-state index < -0.39 is 0 Å². The van der Waals surface area contributed by atoms with Crippen molar-refractivity contribution in [3.05, 3.63) is 23.9 Å². The summed E-state index contributed by atoms with van der Waals surface area (Å²) in [6, 6.07) is 3.95. The minimum atomic E-state index is -0.143. The lowest BCUT2D eigenvalue weighted by atomic mass is 10.2. The maximum absolute atomic E-state index is 12.0. The van der Waals surface area contributed by atoms with Gasteiger partial charge in [-0.25, -0.2) is 9.78 Å². The fourth-order valence-electron chi connectivity index (χ4n) is 2.43. The lowest BCUT2D eigenvalue weighted by Crippen LogP contribution is -2.41. The van der Waals surface area contributed by atoms with Gasteiger partial charge in [0.1, 0.15) is 5.82 Å². The lowest BCUT2D eigenvalue weighted by Gasteiger charge is -2.20. The summed E-state index contributed by atoms with van der Waals surface area (Å²) in [7, 11) is 0. The predicted octanol–water partition coefficient (Wildman–Crippen LogP) is 3.19. The highest BCUT2D eigenvalue weighted by Crippen LogP contribution is 2.29. The van der Waals surface area contributed by atoms with Gasteiger partial charge in [-0.3, -0.25) is 5.32 Å². The van der Waals surface area contributed by atoms with Crippen LogP contribution in [0, 0.1) is 6.92 Å². The fourth-order valence-corrected chi connectivity index (χ4v) is 3.63. The van der Waals surface area contributed by atoms with Crippen LogP contribution in [0.2, 0.25) is 0 Å². The average Bonchev–Trinajstić information content (AvgIpc) is 2.80. The van der Waals surface area contributed by atoms with Crippen LogP contribution in [0.4, 0.5) is 10.6 Å². The number of carbonyl (C=O) groups is 1. The zero-order valence-electron chi connectivity index (χ0n) is 11.5. The molecule has 4 nitrogen and oxygen atoms in total. The van der Waals surface area contributed by atoms with Crippen molar-refractivity contribution in [1.29, 1.82) is 0 Å². The smallest absolute Gasteiger partial charge is 0.320 e. The first-order chi connectivity index (χ1) is 9.20. The van der Waals surface area contributed by atoms with Crippen LogP contribution in [0.1, 0.15) is 31.7 Å². The molecule has 0 aromatic carbocycles. The highest BCUT2D eigenvalue weighted by Gasteiger charge is 2.28. The van der Waals surface area contributed by atoms with Crippen LogP contribution in [-0.2, 0) is 0 Å². The molecule has 1 saturated carbocycles. The molecule has 1 aromatic heterocycles. The van der Waals surface area contributed by atoms with E-state index in [1.165, 1.54) is 12.8 Å². The van der Waals surface area contributed by atoms with E-state index in [2.05, 4.69) is 22.5 Å². The van der Waals surface area contributed by atoms with Crippen molar-refractivity contribution < 1.29 is 4.79 Å². The van der Waals surface area contributed by atoms with Crippen molar-refractivity contribution in [1.82, 2.24) is 10.3 Å². The Morgan fingerprint density at radius 3 is 3.11 bits per heavy atom. The third-order valence-corrected chi connectivity index (χ3v) is 4.72. The molecular formula is C14H21N3OS. The third kappa shape index (κ3) is 3.86. The monoisotopic (exact) mass is 279 g/mol. The molecule has 0 aliphatic heterocycles. The van der Waals surface area contributed by atoms with Gasteiger partial charge in [0.2, 0.25) is 0 Å². The van der Waals surface area contributed by atoms with Gasteiger partial charge in [0.05, 0.1) is 0 Å². The molecule has 2 atom stereocenters. The first kappa shape index (κ1) is 14.2. The molecule has 2 N–H and O–H groups in total. The molecule has 104 valence electrons. The Balaban J connectivity index is 1.89. The number of nitrogens with one attached hydrogen (secondary N) is 2. The van der Waals surface area contributed by atoms with E-state index >= 15 is 0 Å². The standard InChI is InChI=1S/C14H21N3OS/c1-3-19-12-8-4-7-11(12)16-14(18)17-13-10(2)6-5-9-15-13/h5-6,9,11-12H,3-4,7-8H2,1-2H3,(H2,15,16,17,18). The van der Waals surface area contributed by atoms with Gasteiger partial charge < -0.3 is 5.32 Å². The number of aromatic nitrogens is 1. The van der Waals surface area contributed by atoms with Crippen LogP contribution in [0.25, 0.3) is 0 Å². The molecule has 2 rings (SSSR count). The van der Waals surface area contributed by atoms with Crippen molar-refractivity contribution in [2.45, 2.75) is 44.4 Å². The molecule has 0 radical (unpaired) electrons. The summed E-state index contributed by atoms with van der Waals surface area (Å²) in [5, 5.41) is 6.46. The van der Waals surface area contributed by atoms with Crippen molar-refractivity contribution in [3.8, 4) is 0 Å². The summed E-state index contributed by atoms with van der Waals surface area (Å²) in [6.45, 7) is 4.10. The van der Waals surface area contributed by atoms with Crippen LogP contribution in [0.5, 0.6) is 0 Å². The molecule has 0 saturated heterocycles. The molecule has 2 amide bonds. The third-order valence-electron chi connectivity index (χ3n) is 3.39. The molecule has 1 aliphatic rings. The number of anilines is 1. The van der Waals surface area contributed by atoms with Gasteiger partial charge in [0, 0.05) is 17.5 Å². The van der Waals surface area contributed by atoms with Gasteiger partial charge in [0.15, 0.2) is 0 Å². The first-order valence-corrected chi connectivity index (χ1v) is 7.86. The molecule has 0 spiro atoms. The summed E-state index contributed by atoms with van der Waals surface area (Å²) < 4.78 is 0. The summed E-state index contributed by atoms with van der Waals surface area (Å²) in [5.74, 6) is 1.74. The topological polar surface area (TPSA) is 54.0 Å². The Kier molecular flexibility index (Phi) is 5.07. The quantitative estimate of drug-likeness (QED) is 0.890. The van der Waals surface area contributed by atoms with Gasteiger partial charge in [-0.2, -0.15) is 11.8 Å². The molecule has 1 heterocycles. The summed E-state index contributed by atoms with van der Waals surface area (Å²) >= 11 is 1.94. The summed E-state index contributed by atoms with van der Waals surface area (Å²) in [6.07, 6.45) is 5.16. The molecule has 2 unspecified atom stereocenters. The van der Waals surface area contributed by atoms with Gasteiger partial charge in [0.25, 0.3) is 0 Å². The van der Waals surface area contributed by atoms with Gasteiger partial charge in [-0.1, -0.05) is 19.4 Å². The zero-order chi connectivity index (χ0) is 13.7. The fraction of sp³-hybridized carbons (Fsp3) is 0.571. The maximum atomic E-state index is 12.0. The van der Waals surface area contributed by atoms with E-state index in [4.69, 9.17) is 0 Å². The van der Waals surface area contributed by atoms with Crippen molar-refractivity contribution in [2.75, 3.05) is 11.1 Å². The van der Waals surface area contributed by atoms with E-state index in [9.17, 15) is 4.79 Å². The van der Waals surface area contributed by atoms with E-state index in [1.807, 2.05) is 30.8 Å². The lowest BCUT2D eigenvalue weighted by molar-refractivity contribution is 0.248. The van der Waals surface area contributed by atoms with Gasteiger partial charge in [-0.15, -0.1) is 0 Å². The number of hydrogen-bond acceptors (Lipinski definition) is 3. The molecule has 0 bridgehead atoms. The van der Waals surface area contributed by atoms with E-state index in [-0.39, 0.29) is 12.1 Å². The molecule has 1 aromatic rings. The van der Waals surface area contributed by atoms with Crippen molar-refractivity contribution in [2.24, 2.45) is 0 Å². The van der Waals surface area contributed by atoms with Crippen LogP contribution < -0.4 is 10.6 Å². The molecule has 1 aliphatic carbocycles. The number of nitrogens with zero attached hydrogens (tertiary/aromatic N) is 1. The molecule has 19 heavy (non-hydrogen) atoms. The largest absolute Gasteiger partial charge is 0.334 e. The summed E-state index contributed by atoms with van der Waals surface area (Å²) in [5.41, 5.74) is 0.976. The highest BCUT2D eigenvalue weighted by atomic mass is 32.2. The van der Waals surface area contributed by atoms with Gasteiger partial charge >= 0.3 is 6.03 Å². The number of rotatable bonds is 4. The zero-order valence-corrected chi connectivity index (χ0v) is 12.3. The second kappa shape index (κ2) is 6.80. The second-order valence-electron chi connectivity index (χ2n) is 4.80. The first-order valence-electron chi connectivity index (χ1n) is 6.81. The van der Waals surface area contributed by atoms with E-state index in [0.29, 0.717) is 11.1 Å². The Morgan fingerprint density at radius 2 is 2.37 bits per heavy atom. The number of hydrogen-bond donors (Lipinski definition) is 2. The minimum Gasteiger partial charge on any atom is -0.334 e. The predicted molar refractivity (Wildman–Crippen MR) is 80.7 cm³/mol. The number of urea groups is 1. The SMILES string of the molecule is CCSC1CCCC1NC(=O)Nc1ncccc1C. The Bertz CT molecular complexity index is 438. The number of pyridine rings is 1. The Labute approximate surface area is 118 Å². The van der Waals surface area contributed by atoms with Gasteiger partial charge in [-0.05, 0) is 37.1 Å². The average molecular weight is 279 g/mol. The number of amides is 2. The molecular weight excluding hydrogens is 258 g/mol. The molecule has 5 heteroatoms. The second-order valence-corrected chi connectivity index (χ2v) is 6.31. The Morgan fingerprint density at radius 1 is 1.53 bits per heavy atom. The van der Waals surface area contributed by atoms with Crippen LogP contribution in [0.15, 0.2) is 18.3 Å². The Hall–Kier alpha value is -1.23. The highest BCUT2D eigenvalue weighted by molar-refractivity contribution is 7.99. The number of carbonyl (C=O) groups excluding carboxylic acids is 1. The summed E-state index contributed by atoms with van der Waals surface area (Å²) in [4.78, 5) is 16.2. The van der Waals surface area contributed by atoms with Crippen molar-refractivity contribution >= 4 is 23.6 Å². The van der Waals surface area contributed by atoms with Crippen LogP contribution in [0.3, 0.4) is 0 Å². The van der Waals surface area contributed by atoms with Crippen LogP contribution >= 0.6 is 11.8 Å². The van der Waals surface area contributed by atoms with Crippen molar-refractivity contribution in [3.63, 3.8) is 0 Å². The maximum Gasteiger partial charge on any atom is 0.320 e. The minimum absolute atomic E-state index is 0.143. The van der Waals surface area contributed by atoms with E-state index in [0.717, 1.165) is 17.7 Å².